The van der Waals surface area contributed by atoms with Crippen LogP contribution in [0.25, 0.3) is 0 Å². The van der Waals surface area contributed by atoms with E-state index < -0.39 is 78.4 Å². The van der Waals surface area contributed by atoms with Crippen LogP contribution in [-0.4, -0.2) is 188 Å². The Morgan fingerprint density at radius 1 is 0.831 bits per heavy atom. The summed E-state index contributed by atoms with van der Waals surface area (Å²) in [5.74, 6) is -4.81. The van der Waals surface area contributed by atoms with E-state index in [-0.39, 0.29) is 53.8 Å². The summed E-state index contributed by atoms with van der Waals surface area (Å²) in [6.45, 7) is 14.4. The Labute approximate surface area is 419 Å². The first-order valence-electron chi connectivity index (χ1n) is 24.9. The van der Waals surface area contributed by atoms with Crippen LogP contribution in [0.1, 0.15) is 86.1 Å². The molecular formula is C51H79N9O11. The van der Waals surface area contributed by atoms with Gasteiger partial charge in [0.05, 0.1) is 42.5 Å². The highest BCUT2D eigenvalue weighted by atomic mass is 16.5. The van der Waals surface area contributed by atoms with E-state index >= 15 is 0 Å². The standard InChI is InChI=1S/C51H79N9O11/c1-13-31(4)45(58(10)51(69)44(30(2)3)55-49(67)36-22-24-56(8)28-36)39(70-11)27-43(64)59-23-15-18-38(59)46(71-12)32(5)50(68)57(9)25-21-35-16-14-17-37(26-35)54-48(66)34(7)53-47(65)33(6)52-40(61)29-60-41(62)19-20-42(60)63/h14,16-17,19-20,26,30-34,36,38-39,44-46H,13,15,18,21-25,27-29H2,1-12H3,(H,52,61)(H,53,65)(H,54,66)(H,55,67)/t31-,32+,33-,34-,36+,38-,39+,44-,45-,46+/m0/s1. The van der Waals surface area contributed by atoms with Crippen LogP contribution >= 0.6 is 0 Å². The van der Waals surface area contributed by atoms with Crippen molar-refractivity contribution in [2.75, 3.05) is 73.4 Å². The Bertz CT molecular complexity index is 2100. The largest absolute Gasteiger partial charge is 0.379 e. The molecule has 0 bridgehead atoms. The number of benzene rings is 1. The Morgan fingerprint density at radius 3 is 2.08 bits per heavy atom. The molecule has 3 aliphatic rings. The van der Waals surface area contributed by atoms with Crippen molar-refractivity contribution < 1.29 is 52.6 Å². The van der Waals surface area contributed by atoms with Crippen LogP contribution in [0.2, 0.25) is 0 Å². The van der Waals surface area contributed by atoms with E-state index in [1.165, 1.54) is 13.8 Å². The topological polar surface area (TPSA) is 236 Å². The number of carbonyl (C=O) groups is 9. The smallest absolute Gasteiger partial charge is 0.254 e. The van der Waals surface area contributed by atoms with Crippen LogP contribution < -0.4 is 21.3 Å². The number of nitrogens with one attached hydrogen (secondary N) is 4. The molecule has 4 N–H and O–H groups in total. The summed E-state index contributed by atoms with van der Waals surface area (Å²) in [7, 11) is 8.52. The fourth-order valence-electron chi connectivity index (χ4n) is 9.75. The maximum absolute atomic E-state index is 14.4. The summed E-state index contributed by atoms with van der Waals surface area (Å²) < 4.78 is 12.1. The lowest BCUT2D eigenvalue weighted by molar-refractivity contribution is -0.149. The maximum atomic E-state index is 14.4. The molecule has 71 heavy (non-hydrogen) atoms. The molecule has 0 saturated carbocycles. The van der Waals surface area contributed by atoms with Gasteiger partial charge in [-0.15, -0.1) is 0 Å². The monoisotopic (exact) mass is 994 g/mol. The molecule has 20 nitrogen and oxygen atoms in total. The van der Waals surface area contributed by atoms with Crippen molar-refractivity contribution in [1.82, 2.24) is 40.4 Å². The van der Waals surface area contributed by atoms with Gasteiger partial charge in [0.1, 0.15) is 24.7 Å². The quantitative estimate of drug-likeness (QED) is 0.102. The van der Waals surface area contributed by atoms with Crippen LogP contribution in [0.15, 0.2) is 36.4 Å². The highest BCUT2D eigenvalue weighted by Gasteiger charge is 2.43. The molecule has 3 aliphatic heterocycles. The van der Waals surface area contributed by atoms with Gasteiger partial charge in [0.2, 0.25) is 41.4 Å². The first-order valence-corrected chi connectivity index (χ1v) is 24.9. The number of methoxy groups -OCH3 is 2. The number of carbonyl (C=O) groups excluding carboxylic acids is 9. The Morgan fingerprint density at radius 2 is 1.49 bits per heavy atom. The average Bonchev–Trinajstić information content (AvgIpc) is 4.09. The second-order valence-electron chi connectivity index (χ2n) is 19.9. The minimum atomic E-state index is -1.06. The molecule has 9 amide bonds. The molecule has 1 aromatic rings. The Balaban J connectivity index is 1.32. The highest BCUT2D eigenvalue weighted by molar-refractivity contribution is 6.14. The molecule has 0 radical (unpaired) electrons. The zero-order valence-corrected chi connectivity index (χ0v) is 43.8. The van der Waals surface area contributed by atoms with E-state index in [1.54, 1.807) is 61.2 Å². The van der Waals surface area contributed by atoms with Crippen molar-refractivity contribution in [2.45, 2.75) is 129 Å². The van der Waals surface area contributed by atoms with Crippen molar-refractivity contribution in [1.29, 1.82) is 0 Å². The van der Waals surface area contributed by atoms with Gasteiger partial charge >= 0.3 is 0 Å². The maximum Gasteiger partial charge on any atom is 0.254 e. The number of rotatable bonds is 25. The highest BCUT2D eigenvalue weighted by Crippen LogP contribution is 2.30. The SMILES string of the molecule is CC[C@H](C)[C@@H]([C@@H](CC(=O)N1CCC[C@H]1[C@H](OC)[C@@H](C)C(=O)N(C)CCc1cccc(NC(=O)[C@H](C)NC(=O)[C@H](C)NC(=O)CN2C(=O)C=CC2=O)c1)OC)N(C)C(=O)[C@@H](NC(=O)[C@@H]1CCN(C)C1)C(C)C. The molecule has 1 aromatic carbocycles. The third-order valence-electron chi connectivity index (χ3n) is 14.3. The van der Waals surface area contributed by atoms with Crippen molar-refractivity contribution in [3.05, 3.63) is 42.0 Å². The van der Waals surface area contributed by atoms with Crippen molar-refractivity contribution >= 4 is 58.9 Å². The lowest BCUT2D eigenvalue weighted by atomic mass is 9.89. The number of anilines is 1. The van der Waals surface area contributed by atoms with Crippen LogP contribution in [0, 0.1) is 23.7 Å². The Kier molecular flexibility index (Phi) is 21.7. The van der Waals surface area contributed by atoms with Gasteiger partial charge in [-0.05, 0) is 82.7 Å². The van der Waals surface area contributed by atoms with Crippen LogP contribution in [0.5, 0.6) is 0 Å². The van der Waals surface area contributed by atoms with E-state index in [2.05, 4.69) is 26.2 Å². The molecule has 20 heteroatoms. The molecule has 0 unspecified atom stereocenters. The molecule has 0 aromatic heterocycles. The van der Waals surface area contributed by atoms with Crippen LogP contribution in [0.3, 0.4) is 0 Å². The predicted molar refractivity (Wildman–Crippen MR) is 266 cm³/mol. The molecule has 394 valence electrons. The van der Waals surface area contributed by atoms with Crippen LogP contribution in [-0.2, 0) is 59.0 Å². The minimum absolute atomic E-state index is 0.00440. The van der Waals surface area contributed by atoms with Gasteiger partial charge in [-0.25, -0.2) is 0 Å². The lowest BCUT2D eigenvalue weighted by Gasteiger charge is -2.41. The zero-order chi connectivity index (χ0) is 52.9. The summed E-state index contributed by atoms with van der Waals surface area (Å²) in [5.41, 5.74) is 1.30. The van der Waals surface area contributed by atoms with Crippen LogP contribution in [0.4, 0.5) is 5.69 Å². The number of likely N-dealkylation sites (tertiary alicyclic amines) is 2. The third-order valence-corrected chi connectivity index (χ3v) is 14.3. The molecule has 4 rings (SSSR count). The molecule has 2 saturated heterocycles. The summed E-state index contributed by atoms with van der Waals surface area (Å²) in [5, 5.41) is 10.8. The number of hydrogen-bond donors (Lipinski definition) is 4. The molecule has 0 spiro atoms. The first kappa shape index (κ1) is 57.8. The Hall–Kier alpha value is -5.73. The lowest BCUT2D eigenvalue weighted by Crippen LogP contribution is -2.58. The van der Waals surface area contributed by atoms with Gasteiger partial charge in [-0.3, -0.25) is 48.1 Å². The van der Waals surface area contributed by atoms with E-state index in [1.807, 2.05) is 47.7 Å². The summed E-state index contributed by atoms with van der Waals surface area (Å²) in [6.07, 6.45) is 4.14. The van der Waals surface area contributed by atoms with Crippen molar-refractivity contribution in [3.8, 4) is 0 Å². The van der Waals surface area contributed by atoms with Crippen molar-refractivity contribution in [3.63, 3.8) is 0 Å². The molecular weight excluding hydrogens is 915 g/mol. The summed E-state index contributed by atoms with van der Waals surface area (Å²) in [4.78, 5) is 126. The first-order chi connectivity index (χ1) is 33.5. The average molecular weight is 994 g/mol. The van der Waals surface area contributed by atoms with E-state index in [0.717, 1.165) is 48.4 Å². The third kappa shape index (κ3) is 15.4. The molecule has 2 fully saturated rings. The second-order valence-corrected chi connectivity index (χ2v) is 19.9. The molecule has 0 aliphatic carbocycles. The number of imide groups is 1. The van der Waals surface area contributed by atoms with Gasteiger partial charge in [0.15, 0.2) is 0 Å². The van der Waals surface area contributed by atoms with E-state index in [4.69, 9.17) is 9.47 Å². The predicted octanol–water partition coefficient (Wildman–Crippen LogP) is 1.57. The van der Waals surface area contributed by atoms with E-state index in [0.29, 0.717) is 38.2 Å². The number of amides is 9. The summed E-state index contributed by atoms with van der Waals surface area (Å²) >= 11 is 0. The number of hydrogen-bond acceptors (Lipinski definition) is 12. The van der Waals surface area contributed by atoms with Gasteiger partial charge < -0.3 is 50.3 Å². The van der Waals surface area contributed by atoms with Crippen molar-refractivity contribution in [2.24, 2.45) is 23.7 Å². The fraction of sp³-hybridized carbons (Fsp3) is 0.667. The van der Waals surface area contributed by atoms with Gasteiger partial charge in [0, 0.05) is 65.8 Å². The number of ether oxygens (including phenoxy) is 2. The minimum Gasteiger partial charge on any atom is -0.379 e. The fourth-order valence-corrected chi connectivity index (χ4v) is 9.75. The summed E-state index contributed by atoms with van der Waals surface area (Å²) in [6, 6.07) is 3.47. The van der Waals surface area contributed by atoms with Gasteiger partial charge in [-0.2, -0.15) is 0 Å². The van der Waals surface area contributed by atoms with Gasteiger partial charge in [0.25, 0.3) is 11.8 Å². The molecule has 10 atom stereocenters. The zero-order valence-electron chi connectivity index (χ0n) is 43.8. The second kappa shape index (κ2) is 26.6. The van der Waals surface area contributed by atoms with Gasteiger partial charge in [-0.1, -0.05) is 53.2 Å². The number of likely N-dealkylation sites (N-methyl/N-ethyl adjacent to an activating group) is 2. The molecule has 3 heterocycles. The normalized spacial score (nSPS) is 20.4. The number of nitrogens with zero attached hydrogens (tertiary/aromatic N) is 5. The van der Waals surface area contributed by atoms with E-state index in [9.17, 15) is 43.2 Å².